The number of hydrogen-bond acceptors (Lipinski definition) is 3. The number of piperidine rings is 1. The van der Waals surface area contributed by atoms with Crippen LogP contribution in [0.15, 0.2) is 0 Å². The normalized spacial score (nSPS) is 37.5. The molecular formula is C17H35N3. The van der Waals surface area contributed by atoms with Gasteiger partial charge >= 0.3 is 0 Å². The number of nitrogens with two attached hydrogens (primary N) is 1. The first-order chi connectivity index (χ1) is 9.53. The smallest absolute Gasteiger partial charge is 0.0357 e. The average molecular weight is 281 g/mol. The van der Waals surface area contributed by atoms with Crippen molar-refractivity contribution in [2.45, 2.75) is 64.5 Å². The van der Waals surface area contributed by atoms with E-state index in [1.165, 1.54) is 51.7 Å². The summed E-state index contributed by atoms with van der Waals surface area (Å²) in [5.74, 6) is 1.60. The van der Waals surface area contributed by atoms with Gasteiger partial charge in [0.2, 0.25) is 0 Å². The third-order valence-corrected chi connectivity index (χ3v) is 6.35. The molecule has 1 saturated heterocycles. The van der Waals surface area contributed by atoms with Gasteiger partial charge in [0.25, 0.3) is 0 Å². The highest BCUT2D eigenvalue weighted by Gasteiger charge is 2.44. The Balaban J connectivity index is 2.03. The quantitative estimate of drug-likeness (QED) is 0.859. The molecule has 0 aromatic carbocycles. The Hall–Kier alpha value is -0.120. The molecule has 0 amide bonds. The molecule has 118 valence electrons. The van der Waals surface area contributed by atoms with Crippen LogP contribution in [-0.4, -0.2) is 54.6 Å². The van der Waals surface area contributed by atoms with Crippen LogP contribution in [0.3, 0.4) is 0 Å². The van der Waals surface area contributed by atoms with Crippen LogP contribution in [0, 0.1) is 11.8 Å². The van der Waals surface area contributed by atoms with Gasteiger partial charge in [-0.05, 0) is 70.6 Å². The van der Waals surface area contributed by atoms with E-state index in [1.54, 1.807) is 0 Å². The lowest BCUT2D eigenvalue weighted by Gasteiger charge is -2.54. The van der Waals surface area contributed by atoms with Crippen LogP contribution in [0.5, 0.6) is 0 Å². The zero-order chi connectivity index (χ0) is 14.8. The van der Waals surface area contributed by atoms with E-state index >= 15 is 0 Å². The van der Waals surface area contributed by atoms with Crippen LogP contribution >= 0.6 is 0 Å². The number of nitrogens with zero attached hydrogens (tertiary/aromatic N) is 2. The van der Waals surface area contributed by atoms with Gasteiger partial charge in [-0.25, -0.2) is 0 Å². The molecule has 2 aliphatic rings. The summed E-state index contributed by atoms with van der Waals surface area (Å²) in [6.45, 7) is 11.7. The number of hydrogen-bond donors (Lipinski definition) is 1. The zero-order valence-corrected chi connectivity index (χ0v) is 14.1. The van der Waals surface area contributed by atoms with Crippen molar-refractivity contribution in [3.63, 3.8) is 0 Å². The molecule has 0 radical (unpaired) electrons. The molecule has 2 fully saturated rings. The highest BCUT2D eigenvalue weighted by molar-refractivity contribution is 5.01. The van der Waals surface area contributed by atoms with Gasteiger partial charge in [0.15, 0.2) is 0 Å². The number of likely N-dealkylation sites (tertiary alicyclic amines) is 1. The molecule has 0 bridgehead atoms. The van der Waals surface area contributed by atoms with Crippen LogP contribution in [0.2, 0.25) is 0 Å². The third-order valence-electron chi connectivity index (χ3n) is 6.35. The van der Waals surface area contributed by atoms with Crippen LogP contribution in [0.25, 0.3) is 0 Å². The minimum atomic E-state index is 0.256. The van der Waals surface area contributed by atoms with Gasteiger partial charge in [-0.2, -0.15) is 0 Å². The minimum absolute atomic E-state index is 0.256. The standard InChI is InChI=1S/C17H35N3/c1-5-20-10-7-16(8-11-20)19(4)17(13-18)9-6-14(2)12-15(17)3/h14-16H,5-13,18H2,1-4H3. The number of likely N-dealkylation sites (N-methyl/N-ethyl adjacent to an activating group) is 1. The first-order valence-electron chi connectivity index (χ1n) is 8.68. The summed E-state index contributed by atoms with van der Waals surface area (Å²) >= 11 is 0. The van der Waals surface area contributed by atoms with E-state index in [0.717, 1.165) is 24.4 Å². The minimum Gasteiger partial charge on any atom is -0.329 e. The molecule has 0 aromatic heterocycles. The third kappa shape index (κ3) is 3.05. The molecule has 0 spiro atoms. The van der Waals surface area contributed by atoms with Crippen molar-refractivity contribution in [3.05, 3.63) is 0 Å². The zero-order valence-electron chi connectivity index (χ0n) is 14.1. The molecular weight excluding hydrogens is 246 g/mol. The van der Waals surface area contributed by atoms with E-state index in [-0.39, 0.29) is 5.54 Å². The average Bonchev–Trinajstić information content (AvgIpc) is 2.47. The fourth-order valence-electron chi connectivity index (χ4n) is 4.64. The van der Waals surface area contributed by atoms with Gasteiger partial charge in [-0.1, -0.05) is 20.8 Å². The summed E-state index contributed by atoms with van der Waals surface area (Å²) in [4.78, 5) is 5.27. The maximum atomic E-state index is 6.28. The second-order valence-corrected chi connectivity index (χ2v) is 7.36. The van der Waals surface area contributed by atoms with Crippen molar-refractivity contribution < 1.29 is 0 Å². The first kappa shape index (κ1) is 16.3. The van der Waals surface area contributed by atoms with Crippen molar-refractivity contribution in [1.29, 1.82) is 0 Å². The molecule has 1 saturated carbocycles. The van der Waals surface area contributed by atoms with Crippen molar-refractivity contribution >= 4 is 0 Å². The van der Waals surface area contributed by atoms with Gasteiger partial charge in [0, 0.05) is 18.1 Å². The molecule has 1 heterocycles. The van der Waals surface area contributed by atoms with Crippen LogP contribution in [-0.2, 0) is 0 Å². The van der Waals surface area contributed by atoms with E-state index in [0.29, 0.717) is 0 Å². The largest absolute Gasteiger partial charge is 0.329 e. The Bertz CT molecular complexity index is 299. The van der Waals surface area contributed by atoms with Crippen molar-refractivity contribution in [2.24, 2.45) is 17.6 Å². The van der Waals surface area contributed by atoms with E-state index in [9.17, 15) is 0 Å². The fourth-order valence-corrected chi connectivity index (χ4v) is 4.64. The Morgan fingerprint density at radius 2 is 1.85 bits per heavy atom. The SMILES string of the molecule is CCN1CCC(N(C)C2(CN)CCC(C)CC2C)CC1. The lowest BCUT2D eigenvalue weighted by Crippen LogP contribution is -2.62. The molecule has 3 heteroatoms. The molecule has 20 heavy (non-hydrogen) atoms. The summed E-state index contributed by atoms with van der Waals surface area (Å²) < 4.78 is 0. The van der Waals surface area contributed by atoms with E-state index in [2.05, 4.69) is 37.6 Å². The van der Waals surface area contributed by atoms with Gasteiger partial charge in [0.05, 0.1) is 0 Å². The van der Waals surface area contributed by atoms with Gasteiger partial charge in [0.1, 0.15) is 0 Å². The Labute approximate surface area is 125 Å². The summed E-state index contributed by atoms with van der Waals surface area (Å²) in [5, 5.41) is 0. The van der Waals surface area contributed by atoms with Crippen LogP contribution in [0.4, 0.5) is 0 Å². The van der Waals surface area contributed by atoms with E-state index in [4.69, 9.17) is 5.73 Å². The maximum Gasteiger partial charge on any atom is 0.0357 e. The Kier molecular flexibility index (Phi) is 5.49. The molecule has 0 aromatic rings. The van der Waals surface area contributed by atoms with Crippen LogP contribution in [0.1, 0.15) is 52.9 Å². The lowest BCUT2D eigenvalue weighted by atomic mass is 9.68. The number of rotatable bonds is 4. The predicted molar refractivity (Wildman–Crippen MR) is 86.9 cm³/mol. The predicted octanol–water partition coefficient (Wildman–Crippen LogP) is 2.56. The highest BCUT2D eigenvalue weighted by atomic mass is 15.2. The van der Waals surface area contributed by atoms with Crippen molar-refractivity contribution in [3.8, 4) is 0 Å². The van der Waals surface area contributed by atoms with E-state index < -0.39 is 0 Å². The summed E-state index contributed by atoms with van der Waals surface area (Å²) in [5.41, 5.74) is 6.54. The first-order valence-corrected chi connectivity index (χ1v) is 8.68. The highest BCUT2D eigenvalue weighted by Crippen LogP contribution is 2.41. The second-order valence-electron chi connectivity index (χ2n) is 7.36. The molecule has 2 rings (SSSR count). The van der Waals surface area contributed by atoms with Crippen LogP contribution < -0.4 is 5.73 Å². The van der Waals surface area contributed by atoms with Gasteiger partial charge in [-0.15, -0.1) is 0 Å². The molecule has 2 N–H and O–H groups in total. The Morgan fingerprint density at radius 3 is 2.35 bits per heavy atom. The van der Waals surface area contributed by atoms with Crippen molar-refractivity contribution in [1.82, 2.24) is 9.80 Å². The van der Waals surface area contributed by atoms with Gasteiger partial charge < -0.3 is 10.6 Å². The maximum absolute atomic E-state index is 6.28. The summed E-state index contributed by atoms with van der Waals surface area (Å²) in [6, 6.07) is 0.734. The Morgan fingerprint density at radius 1 is 1.20 bits per heavy atom. The van der Waals surface area contributed by atoms with Gasteiger partial charge in [-0.3, -0.25) is 4.90 Å². The van der Waals surface area contributed by atoms with E-state index in [1.807, 2.05) is 0 Å². The summed E-state index contributed by atoms with van der Waals surface area (Å²) in [6.07, 6.45) is 6.61. The molecule has 3 nitrogen and oxygen atoms in total. The topological polar surface area (TPSA) is 32.5 Å². The molecule has 3 atom stereocenters. The second kappa shape index (κ2) is 6.76. The summed E-state index contributed by atoms with van der Waals surface area (Å²) in [7, 11) is 2.35. The fraction of sp³-hybridized carbons (Fsp3) is 1.00. The molecule has 1 aliphatic carbocycles. The molecule has 1 aliphatic heterocycles. The van der Waals surface area contributed by atoms with Crippen molar-refractivity contribution in [2.75, 3.05) is 33.2 Å². The lowest BCUT2D eigenvalue weighted by molar-refractivity contribution is -0.0266. The monoisotopic (exact) mass is 281 g/mol. The molecule has 3 unspecified atom stereocenters.